The van der Waals surface area contributed by atoms with E-state index < -0.39 is 10.0 Å². The van der Waals surface area contributed by atoms with Crippen molar-refractivity contribution in [3.05, 3.63) is 59.2 Å². The molecule has 2 unspecified atom stereocenters. The highest BCUT2D eigenvalue weighted by Crippen LogP contribution is 2.48. The maximum absolute atomic E-state index is 12.9. The minimum Gasteiger partial charge on any atom is -0.347 e. The summed E-state index contributed by atoms with van der Waals surface area (Å²) in [4.78, 5) is 20.0. The maximum Gasteiger partial charge on any atom is 0.261 e. The van der Waals surface area contributed by atoms with Crippen LogP contribution in [-0.2, 0) is 16.6 Å². The first-order valence-corrected chi connectivity index (χ1v) is 13.3. The number of benzene rings is 1. The smallest absolute Gasteiger partial charge is 0.261 e. The highest BCUT2D eigenvalue weighted by molar-refractivity contribution is 7.89. The van der Waals surface area contributed by atoms with E-state index in [4.69, 9.17) is 0 Å². The van der Waals surface area contributed by atoms with E-state index in [0.717, 1.165) is 34.5 Å². The topological polar surface area (TPSA) is 91.4 Å². The summed E-state index contributed by atoms with van der Waals surface area (Å²) < 4.78 is 29.7. The maximum atomic E-state index is 12.9. The lowest BCUT2D eigenvalue weighted by atomic mass is 9.69. The number of pyridine rings is 1. The van der Waals surface area contributed by atoms with Gasteiger partial charge in [-0.05, 0) is 60.9 Å². The number of rotatable bonds is 6. The Morgan fingerprint density at radius 2 is 1.78 bits per heavy atom. The second kappa shape index (κ2) is 7.62. The zero-order valence-corrected chi connectivity index (χ0v) is 19.0. The summed E-state index contributed by atoms with van der Waals surface area (Å²) in [6.07, 6.45) is 7.71. The van der Waals surface area contributed by atoms with Crippen LogP contribution in [0.4, 0.5) is 0 Å². The molecule has 32 heavy (non-hydrogen) atoms. The standard InChI is InChI=1S/C23H24N4O3S2/c28-23(21-7-15-5-6-24-13-22(15)31-21)25-12-14-1-3-20(4-2-14)32(29,30)26-16-8-17-10-19-11-18(9-16)27(17)19/h1-7,13,16-19,26H,8-12H2,(H,25,28). The van der Waals surface area contributed by atoms with Gasteiger partial charge in [-0.2, -0.15) is 0 Å². The van der Waals surface area contributed by atoms with Gasteiger partial charge >= 0.3 is 0 Å². The van der Waals surface area contributed by atoms with Crippen LogP contribution in [0.15, 0.2) is 53.7 Å². The quantitative estimate of drug-likeness (QED) is 0.581. The summed E-state index contributed by atoms with van der Waals surface area (Å²) in [6.45, 7) is 0.335. The average molecular weight is 469 g/mol. The molecule has 2 aromatic heterocycles. The van der Waals surface area contributed by atoms with Gasteiger partial charge in [-0.25, -0.2) is 13.1 Å². The SMILES string of the molecule is O=C(NCc1ccc(S(=O)(=O)NC2CC3CC4CC(C2)N34)cc1)c1cc2ccncc2s1. The van der Waals surface area contributed by atoms with E-state index in [2.05, 4.69) is 19.9 Å². The predicted molar refractivity (Wildman–Crippen MR) is 123 cm³/mol. The number of carbonyl (C=O) groups excluding carboxylic acids is 1. The number of nitrogens with one attached hydrogen (secondary N) is 2. The zero-order valence-electron chi connectivity index (χ0n) is 17.4. The van der Waals surface area contributed by atoms with Gasteiger partial charge in [0.25, 0.3) is 5.91 Å². The molecule has 3 fully saturated rings. The van der Waals surface area contributed by atoms with Crippen molar-refractivity contribution in [2.45, 2.75) is 61.3 Å². The summed E-state index contributed by atoms with van der Waals surface area (Å²) in [7, 11) is -3.55. The molecular weight excluding hydrogens is 444 g/mol. The first-order valence-electron chi connectivity index (χ1n) is 11.0. The Bertz CT molecular complexity index is 1240. The zero-order chi connectivity index (χ0) is 21.9. The molecular formula is C23H24N4O3S2. The summed E-state index contributed by atoms with van der Waals surface area (Å²) in [5.74, 6) is -0.148. The highest BCUT2D eigenvalue weighted by Gasteiger charge is 2.55. The van der Waals surface area contributed by atoms with E-state index >= 15 is 0 Å². The normalized spacial score (nSPS) is 26.8. The summed E-state index contributed by atoms with van der Waals surface area (Å²) >= 11 is 1.41. The van der Waals surface area contributed by atoms with Gasteiger partial charge in [0, 0.05) is 43.1 Å². The van der Waals surface area contributed by atoms with Crippen LogP contribution < -0.4 is 10.0 Å². The molecule has 1 aromatic carbocycles. The fourth-order valence-corrected chi connectivity index (χ4v) is 7.66. The third kappa shape index (κ3) is 3.53. The van der Waals surface area contributed by atoms with Crippen molar-refractivity contribution in [3.8, 4) is 0 Å². The molecule has 3 aromatic rings. The van der Waals surface area contributed by atoms with Crippen molar-refractivity contribution in [1.82, 2.24) is 19.9 Å². The average Bonchev–Trinajstić information content (AvgIpc) is 3.18. The first kappa shape index (κ1) is 20.3. The van der Waals surface area contributed by atoms with Crippen LogP contribution in [0.3, 0.4) is 0 Å². The Kier molecular flexibility index (Phi) is 4.83. The lowest BCUT2D eigenvalue weighted by molar-refractivity contribution is -0.149. The van der Waals surface area contributed by atoms with E-state index in [9.17, 15) is 13.2 Å². The molecule has 0 bridgehead atoms. The number of piperidine rings is 2. The van der Waals surface area contributed by atoms with Crippen molar-refractivity contribution in [2.24, 2.45) is 0 Å². The summed E-state index contributed by atoms with van der Waals surface area (Å²) in [6, 6.07) is 12.4. The van der Waals surface area contributed by atoms with Crippen LogP contribution in [0, 0.1) is 0 Å². The van der Waals surface area contributed by atoms with E-state index in [1.54, 1.807) is 36.7 Å². The molecule has 3 aliphatic rings. The molecule has 0 saturated carbocycles. The molecule has 5 heterocycles. The molecule has 0 aliphatic carbocycles. The number of amides is 1. The molecule has 166 valence electrons. The van der Waals surface area contributed by atoms with Gasteiger partial charge in [0.05, 0.1) is 14.5 Å². The van der Waals surface area contributed by atoms with Crippen LogP contribution in [0.25, 0.3) is 10.1 Å². The number of hydrogen-bond acceptors (Lipinski definition) is 6. The van der Waals surface area contributed by atoms with Gasteiger partial charge in [-0.1, -0.05) is 12.1 Å². The monoisotopic (exact) mass is 468 g/mol. The van der Waals surface area contributed by atoms with Crippen LogP contribution in [-0.4, -0.2) is 48.4 Å². The number of carbonyl (C=O) groups is 1. The molecule has 1 amide bonds. The van der Waals surface area contributed by atoms with Crippen molar-refractivity contribution >= 4 is 37.4 Å². The number of sulfonamides is 1. The molecule has 0 spiro atoms. The number of hydrogen-bond donors (Lipinski definition) is 2. The number of nitrogens with zero attached hydrogens (tertiary/aromatic N) is 2. The Balaban J connectivity index is 1.07. The Hall–Kier alpha value is -2.33. The predicted octanol–water partition coefficient (Wildman–Crippen LogP) is 2.88. The minimum absolute atomic E-state index is 0.0166. The lowest BCUT2D eigenvalue weighted by Crippen LogP contribution is -2.74. The van der Waals surface area contributed by atoms with E-state index in [-0.39, 0.29) is 16.8 Å². The van der Waals surface area contributed by atoms with Crippen molar-refractivity contribution in [2.75, 3.05) is 0 Å². The van der Waals surface area contributed by atoms with Gasteiger partial charge in [-0.15, -0.1) is 11.3 Å². The minimum atomic E-state index is -3.55. The second-order valence-corrected chi connectivity index (χ2v) is 11.8. The van der Waals surface area contributed by atoms with Crippen LogP contribution in [0.1, 0.15) is 40.9 Å². The number of thiophene rings is 1. The molecule has 3 aliphatic heterocycles. The first-order chi connectivity index (χ1) is 15.5. The van der Waals surface area contributed by atoms with Gasteiger partial charge in [0.2, 0.25) is 10.0 Å². The van der Waals surface area contributed by atoms with Gasteiger partial charge in [0.15, 0.2) is 0 Å². The molecule has 7 nitrogen and oxygen atoms in total. The van der Waals surface area contributed by atoms with E-state index in [1.807, 2.05) is 12.1 Å². The van der Waals surface area contributed by atoms with Crippen molar-refractivity contribution < 1.29 is 13.2 Å². The van der Waals surface area contributed by atoms with Crippen LogP contribution in [0.2, 0.25) is 0 Å². The Morgan fingerprint density at radius 3 is 2.47 bits per heavy atom. The van der Waals surface area contributed by atoms with E-state index in [1.165, 1.54) is 24.2 Å². The molecule has 2 N–H and O–H groups in total. The fraction of sp³-hybridized carbons (Fsp3) is 0.391. The summed E-state index contributed by atoms with van der Waals surface area (Å²) in [5.41, 5.74) is 0.850. The third-order valence-corrected chi connectivity index (χ3v) is 9.64. The molecule has 9 heteroatoms. The largest absolute Gasteiger partial charge is 0.347 e. The molecule has 6 rings (SSSR count). The molecule has 0 radical (unpaired) electrons. The second-order valence-electron chi connectivity index (χ2n) is 9.02. The van der Waals surface area contributed by atoms with Gasteiger partial charge in [-0.3, -0.25) is 14.7 Å². The van der Waals surface area contributed by atoms with E-state index in [0.29, 0.717) is 23.5 Å². The summed E-state index contributed by atoms with van der Waals surface area (Å²) in [5, 5.41) is 3.90. The fourth-order valence-electron chi connectivity index (χ4n) is 5.45. The number of fused-ring (bicyclic) bond motifs is 1. The molecule has 2 atom stereocenters. The van der Waals surface area contributed by atoms with Crippen LogP contribution in [0.5, 0.6) is 0 Å². The van der Waals surface area contributed by atoms with Gasteiger partial charge < -0.3 is 5.32 Å². The molecule has 3 saturated heterocycles. The lowest BCUT2D eigenvalue weighted by Gasteiger charge is -2.66. The van der Waals surface area contributed by atoms with Crippen molar-refractivity contribution in [1.29, 1.82) is 0 Å². The number of aromatic nitrogens is 1. The van der Waals surface area contributed by atoms with Crippen LogP contribution >= 0.6 is 11.3 Å². The Labute approximate surface area is 190 Å². The third-order valence-electron chi connectivity index (χ3n) is 7.02. The van der Waals surface area contributed by atoms with Gasteiger partial charge in [0.1, 0.15) is 0 Å². The van der Waals surface area contributed by atoms with Crippen molar-refractivity contribution in [3.63, 3.8) is 0 Å². The Morgan fingerprint density at radius 1 is 1.06 bits per heavy atom. The highest BCUT2D eigenvalue weighted by atomic mass is 32.2.